The summed E-state index contributed by atoms with van der Waals surface area (Å²) in [7, 11) is 0. The highest BCUT2D eigenvalue weighted by molar-refractivity contribution is 5.94. The van der Waals surface area contributed by atoms with Crippen LogP contribution in [-0.2, 0) is 12.0 Å². The maximum Gasteiger partial charge on any atom is 0.251 e. The Labute approximate surface area is 113 Å². The molecule has 0 aliphatic heterocycles. The maximum absolute atomic E-state index is 11.9. The van der Waals surface area contributed by atoms with E-state index in [1.807, 2.05) is 24.3 Å². The number of amides is 1. The SMILES string of the molecule is CC(C)(C)c1ccc(C(=O)NCc2ncc[nH]2)cc1. The van der Waals surface area contributed by atoms with Gasteiger partial charge in [-0.15, -0.1) is 0 Å². The highest BCUT2D eigenvalue weighted by Crippen LogP contribution is 2.22. The molecule has 0 aliphatic carbocycles. The quantitative estimate of drug-likeness (QED) is 0.888. The molecule has 0 bridgehead atoms. The second-order valence-corrected chi connectivity index (χ2v) is 5.55. The first-order valence-corrected chi connectivity index (χ1v) is 6.34. The Morgan fingerprint density at radius 1 is 1.26 bits per heavy atom. The number of hydrogen-bond acceptors (Lipinski definition) is 2. The highest BCUT2D eigenvalue weighted by Gasteiger charge is 2.14. The first-order valence-electron chi connectivity index (χ1n) is 6.34. The van der Waals surface area contributed by atoms with Crippen LogP contribution in [-0.4, -0.2) is 15.9 Å². The molecule has 0 fully saturated rings. The van der Waals surface area contributed by atoms with Gasteiger partial charge in [0.25, 0.3) is 5.91 Å². The second-order valence-electron chi connectivity index (χ2n) is 5.55. The van der Waals surface area contributed by atoms with Gasteiger partial charge in [0.2, 0.25) is 0 Å². The lowest BCUT2D eigenvalue weighted by molar-refractivity contribution is 0.0950. The van der Waals surface area contributed by atoms with Crippen molar-refractivity contribution in [2.45, 2.75) is 32.7 Å². The maximum atomic E-state index is 11.9. The normalized spacial score (nSPS) is 11.3. The molecular formula is C15H19N3O. The minimum atomic E-state index is -0.0862. The van der Waals surface area contributed by atoms with Crippen molar-refractivity contribution in [3.63, 3.8) is 0 Å². The lowest BCUT2D eigenvalue weighted by Gasteiger charge is -2.19. The summed E-state index contributed by atoms with van der Waals surface area (Å²) in [6, 6.07) is 7.72. The molecule has 4 heteroatoms. The molecule has 100 valence electrons. The minimum Gasteiger partial charge on any atom is -0.347 e. The second kappa shape index (κ2) is 5.26. The summed E-state index contributed by atoms with van der Waals surface area (Å²) < 4.78 is 0. The van der Waals surface area contributed by atoms with Crippen molar-refractivity contribution >= 4 is 5.91 Å². The Hall–Kier alpha value is -2.10. The van der Waals surface area contributed by atoms with Crippen molar-refractivity contribution in [2.24, 2.45) is 0 Å². The zero-order valence-corrected chi connectivity index (χ0v) is 11.5. The van der Waals surface area contributed by atoms with Crippen LogP contribution in [0.25, 0.3) is 0 Å². The average Bonchev–Trinajstić information content (AvgIpc) is 2.88. The Morgan fingerprint density at radius 2 is 1.95 bits per heavy atom. The zero-order chi connectivity index (χ0) is 13.9. The summed E-state index contributed by atoms with van der Waals surface area (Å²) in [6.07, 6.45) is 3.40. The van der Waals surface area contributed by atoms with E-state index in [2.05, 4.69) is 36.1 Å². The van der Waals surface area contributed by atoms with E-state index in [0.29, 0.717) is 12.1 Å². The van der Waals surface area contributed by atoms with E-state index < -0.39 is 0 Å². The molecule has 2 aromatic rings. The van der Waals surface area contributed by atoms with Gasteiger partial charge in [0.15, 0.2) is 0 Å². The van der Waals surface area contributed by atoms with Gasteiger partial charge in [0, 0.05) is 18.0 Å². The third kappa shape index (κ3) is 3.44. The fourth-order valence-corrected chi connectivity index (χ4v) is 1.78. The van der Waals surface area contributed by atoms with Crippen LogP contribution in [0.4, 0.5) is 0 Å². The molecule has 1 heterocycles. The van der Waals surface area contributed by atoms with E-state index in [-0.39, 0.29) is 11.3 Å². The lowest BCUT2D eigenvalue weighted by Crippen LogP contribution is -2.23. The van der Waals surface area contributed by atoms with Crippen LogP contribution in [0.15, 0.2) is 36.7 Å². The van der Waals surface area contributed by atoms with Crippen LogP contribution in [0.1, 0.15) is 42.5 Å². The van der Waals surface area contributed by atoms with E-state index >= 15 is 0 Å². The van der Waals surface area contributed by atoms with Gasteiger partial charge in [0.05, 0.1) is 6.54 Å². The van der Waals surface area contributed by atoms with Gasteiger partial charge in [-0.25, -0.2) is 4.98 Å². The van der Waals surface area contributed by atoms with Crippen LogP contribution in [0, 0.1) is 0 Å². The molecule has 2 N–H and O–H groups in total. The van der Waals surface area contributed by atoms with Crippen LogP contribution < -0.4 is 5.32 Å². The summed E-state index contributed by atoms with van der Waals surface area (Å²) in [6.45, 7) is 6.86. The number of benzene rings is 1. The Morgan fingerprint density at radius 3 is 2.47 bits per heavy atom. The fraction of sp³-hybridized carbons (Fsp3) is 0.333. The van der Waals surface area contributed by atoms with Crippen molar-refractivity contribution in [3.05, 3.63) is 53.6 Å². The van der Waals surface area contributed by atoms with E-state index in [9.17, 15) is 4.79 Å². The molecule has 2 rings (SSSR count). The van der Waals surface area contributed by atoms with E-state index in [0.717, 1.165) is 5.82 Å². The first-order chi connectivity index (χ1) is 8.97. The van der Waals surface area contributed by atoms with Gasteiger partial charge >= 0.3 is 0 Å². The van der Waals surface area contributed by atoms with Gasteiger partial charge in [-0.3, -0.25) is 4.79 Å². The van der Waals surface area contributed by atoms with E-state index in [1.165, 1.54) is 5.56 Å². The number of aromatic nitrogens is 2. The third-order valence-corrected chi connectivity index (χ3v) is 2.98. The number of nitrogens with zero attached hydrogens (tertiary/aromatic N) is 1. The summed E-state index contributed by atoms with van der Waals surface area (Å²) in [4.78, 5) is 19.0. The molecule has 0 saturated heterocycles. The number of nitrogens with one attached hydrogen (secondary N) is 2. The highest BCUT2D eigenvalue weighted by atomic mass is 16.1. The van der Waals surface area contributed by atoms with Crippen LogP contribution in [0.5, 0.6) is 0 Å². The first kappa shape index (κ1) is 13.3. The van der Waals surface area contributed by atoms with Crippen molar-refractivity contribution < 1.29 is 4.79 Å². The molecule has 0 radical (unpaired) electrons. The van der Waals surface area contributed by atoms with Crippen molar-refractivity contribution in [3.8, 4) is 0 Å². The fourth-order valence-electron chi connectivity index (χ4n) is 1.78. The number of carbonyl (C=O) groups excluding carboxylic acids is 1. The number of H-pyrrole nitrogens is 1. The molecular weight excluding hydrogens is 238 g/mol. The molecule has 0 aliphatic rings. The molecule has 0 saturated carbocycles. The largest absolute Gasteiger partial charge is 0.347 e. The Bertz CT molecular complexity index is 536. The standard InChI is InChI=1S/C15H19N3O/c1-15(2,3)12-6-4-11(5-7-12)14(19)18-10-13-16-8-9-17-13/h4-9H,10H2,1-3H3,(H,16,17)(H,18,19). The average molecular weight is 257 g/mol. The summed E-state index contributed by atoms with van der Waals surface area (Å²) in [5.41, 5.74) is 1.98. The van der Waals surface area contributed by atoms with Gasteiger partial charge in [0.1, 0.15) is 5.82 Å². The number of aromatic amines is 1. The predicted octanol–water partition coefficient (Wildman–Crippen LogP) is 2.64. The molecule has 19 heavy (non-hydrogen) atoms. The van der Waals surface area contributed by atoms with Gasteiger partial charge in [-0.1, -0.05) is 32.9 Å². The number of rotatable bonds is 3. The molecule has 0 atom stereocenters. The van der Waals surface area contributed by atoms with Gasteiger partial charge < -0.3 is 10.3 Å². The molecule has 0 unspecified atom stereocenters. The van der Waals surface area contributed by atoms with E-state index in [4.69, 9.17) is 0 Å². The molecule has 0 spiro atoms. The summed E-state index contributed by atoms with van der Waals surface area (Å²) >= 11 is 0. The van der Waals surface area contributed by atoms with Crippen molar-refractivity contribution in [2.75, 3.05) is 0 Å². The topological polar surface area (TPSA) is 57.8 Å². The number of imidazole rings is 1. The van der Waals surface area contributed by atoms with Gasteiger partial charge in [-0.05, 0) is 23.1 Å². The predicted molar refractivity (Wildman–Crippen MR) is 74.9 cm³/mol. The Kier molecular flexibility index (Phi) is 3.69. The monoisotopic (exact) mass is 257 g/mol. The molecule has 1 aromatic carbocycles. The minimum absolute atomic E-state index is 0.0862. The van der Waals surface area contributed by atoms with Crippen LogP contribution in [0.3, 0.4) is 0 Å². The molecule has 1 amide bonds. The van der Waals surface area contributed by atoms with Crippen LogP contribution >= 0.6 is 0 Å². The summed E-state index contributed by atoms with van der Waals surface area (Å²) in [5.74, 6) is 0.663. The smallest absolute Gasteiger partial charge is 0.251 e. The molecule has 1 aromatic heterocycles. The zero-order valence-electron chi connectivity index (χ0n) is 11.5. The van der Waals surface area contributed by atoms with Crippen LogP contribution in [0.2, 0.25) is 0 Å². The third-order valence-electron chi connectivity index (χ3n) is 2.98. The number of hydrogen-bond donors (Lipinski definition) is 2. The van der Waals surface area contributed by atoms with E-state index in [1.54, 1.807) is 12.4 Å². The summed E-state index contributed by atoms with van der Waals surface area (Å²) in [5, 5.41) is 2.83. The lowest BCUT2D eigenvalue weighted by atomic mass is 9.87. The van der Waals surface area contributed by atoms with Crippen molar-refractivity contribution in [1.82, 2.24) is 15.3 Å². The molecule has 4 nitrogen and oxygen atoms in total. The number of carbonyl (C=O) groups is 1. The Balaban J connectivity index is 2.00. The van der Waals surface area contributed by atoms with Crippen molar-refractivity contribution in [1.29, 1.82) is 0 Å². The van der Waals surface area contributed by atoms with Gasteiger partial charge in [-0.2, -0.15) is 0 Å².